The van der Waals surface area contributed by atoms with Gasteiger partial charge in [-0.05, 0) is 56.2 Å². The van der Waals surface area contributed by atoms with Gasteiger partial charge in [-0.15, -0.1) is 0 Å². The first kappa shape index (κ1) is 23.1. The van der Waals surface area contributed by atoms with Gasteiger partial charge in [0.05, 0.1) is 6.54 Å². The van der Waals surface area contributed by atoms with Gasteiger partial charge >= 0.3 is 0 Å². The SMILES string of the molecule is N#CNC(=NCCc1ccc(Br)cc1)N[C@H]1CCCCN(CC(=O)N2CCCC2)C1=O. The quantitative estimate of drug-likeness (QED) is 0.276. The Morgan fingerprint density at radius 1 is 1.16 bits per heavy atom. The molecule has 2 heterocycles. The summed E-state index contributed by atoms with van der Waals surface area (Å²) in [6.07, 6.45) is 7.05. The molecule has 0 aliphatic carbocycles. The summed E-state index contributed by atoms with van der Waals surface area (Å²) in [5.41, 5.74) is 1.14. The van der Waals surface area contributed by atoms with Gasteiger partial charge < -0.3 is 15.1 Å². The topological polar surface area (TPSA) is 101 Å². The van der Waals surface area contributed by atoms with E-state index in [2.05, 4.69) is 31.6 Å². The number of nitrogens with one attached hydrogen (secondary N) is 2. The average Bonchev–Trinajstić information content (AvgIpc) is 3.25. The van der Waals surface area contributed by atoms with Crippen LogP contribution in [0.15, 0.2) is 33.7 Å². The molecule has 2 aliphatic heterocycles. The molecule has 0 unspecified atom stereocenters. The molecule has 31 heavy (non-hydrogen) atoms. The first-order valence-corrected chi connectivity index (χ1v) is 11.6. The zero-order valence-electron chi connectivity index (χ0n) is 17.6. The Bertz CT molecular complexity index is 829. The lowest BCUT2D eigenvalue weighted by Gasteiger charge is -2.27. The third-order valence-electron chi connectivity index (χ3n) is 5.63. The number of aliphatic imine (C=N–C) groups is 1. The van der Waals surface area contributed by atoms with Crippen molar-refractivity contribution in [3.63, 3.8) is 0 Å². The molecule has 2 aliphatic rings. The van der Waals surface area contributed by atoms with Gasteiger partial charge in [-0.3, -0.25) is 19.9 Å². The van der Waals surface area contributed by atoms with E-state index in [1.54, 1.807) is 4.90 Å². The zero-order valence-corrected chi connectivity index (χ0v) is 19.2. The van der Waals surface area contributed by atoms with Crippen LogP contribution in [0.3, 0.4) is 0 Å². The molecule has 2 amide bonds. The number of hydrogen-bond acceptors (Lipinski definition) is 4. The third kappa shape index (κ3) is 6.96. The van der Waals surface area contributed by atoms with Gasteiger partial charge in [-0.1, -0.05) is 28.1 Å². The molecular weight excluding hydrogens is 460 g/mol. The summed E-state index contributed by atoms with van der Waals surface area (Å²) >= 11 is 3.42. The number of nitrogens with zero attached hydrogens (tertiary/aromatic N) is 4. The van der Waals surface area contributed by atoms with Gasteiger partial charge in [-0.2, -0.15) is 5.26 Å². The van der Waals surface area contributed by atoms with Crippen LogP contribution in [0.4, 0.5) is 0 Å². The summed E-state index contributed by atoms with van der Waals surface area (Å²) in [7, 11) is 0. The van der Waals surface area contributed by atoms with Crippen LogP contribution >= 0.6 is 15.9 Å². The van der Waals surface area contributed by atoms with E-state index < -0.39 is 6.04 Å². The van der Waals surface area contributed by atoms with Crippen molar-refractivity contribution in [3.05, 3.63) is 34.3 Å². The number of carbonyl (C=O) groups is 2. The summed E-state index contributed by atoms with van der Waals surface area (Å²) < 4.78 is 1.02. The maximum Gasteiger partial charge on any atom is 0.245 e. The summed E-state index contributed by atoms with van der Waals surface area (Å²) in [6.45, 7) is 2.75. The number of rotatable bonds is 6. The lowest BCUT2D eigenvalue weighted by atomic mass is 10.1. The fourth-order valence-corrected chi connectivity index (χ4v) is 4.18. The molecule has 1 aromatic rings. The standard InChI is InChI=1S/C22H29BrN6O2/c23-18-8-6-17(7-9-18)10-11-25-22(26-16-24)27-19-5-1-2-14-29(21(19)31)15-20(30)28-12-3-4-13-28/h6-9,19H,1-5,10-15H2,(H2,25,26,27)/t19-/m0/s1. The Morgan fingerprint density at radius 3 is 2.58 bits per heavy atom. The van der Waals surface area contributed by atoms with Crippen LogP contribution in [0.5, 0.6) is 0 Å². The zero-order chi connectivity index (χ0) is 22.1. The average molecular weight is 489 g/mol. The van der Waals surface area contributed by atoms with Crippen LogP contribution in [0.25, 0.3) is 0 Å². The second-order valence-corrected chi connectivity index (χ2v) is 8.80. The molecule has 0 aromatic heterocycles. The number of guanidine groups is 1. The second kappa shape index (κ2) is 11.7. The molecule has 0 saturated carbocycles. The van der Waals surface area contributed by atoms with Crippen LogP contribution in [0.2, 0.25) is 0 Å². The van der Waals surface area contributed by atoms with Gasteiger partial charge in [0, 0.05) is 30.7 Å². The molecule has 2 saturated heterocycles. The molecule has 8 nitrogen and oxygen atoms in total. The van der Waals surface area contributed by atoms with Gasteiger partial charge in [0.15, 0.2) is 6.19 Å². The van der Waals surface area contributed by atoms with Crippen molar-refractivity contribution >= 4 is 33.7 Å². The number of carbonyl (C=O) groups excluding carboxylic acids is 2. The number of halogens is 1. The van der Waals surface area contributed by atoms with Crippen LogP contribution < -0.4 is 10.6 Å². The van der Waals surface area contributed by atoms with E-state index in [0.29, 0.717) is 25.5 Å². The number of benzene rings is 1. The normalized spacial score (nSPS) is 19.7. The van der Waals surface area contributed by atoms with Crippen molar-refractivity contribution in [2.75, 3.05) is 32.7 Å². The van der Waals surface area contributed by atoms with E-state index in [9.17, 15) is 9.59 Å². The first-order chi connectivity index (χ1) is 15.1. The van der Waals surface area contributed by atoms with Gasteiger partial charge in [0.1, 0.15) is 6.04 Å². The number of amides is 2. The predicted molar refractivity (Wildman–Crippen MR) is 122 cm³/mol. The van der Waals surface area contributed by atoms with E-state index in [4.69, 9.17) is 5.26 Å². The molecule has 1 atom stereocenters. The first-order valence-electron chi connectivity index (χ1n) is 10.8. The Morgan fingerprint density at radius 2 is 1.87 bits per heavy atom. The molecule has 1 aromatic carbocycles. The van der Waals surface area contributed by atoms with Crippen molar-refractivity contribution in [2.24, 2.45) is 4.99 Å². The molecule has 9 heteroatoms. The molecular formula is C22H29BrN6O2. The Labute approximate surface area is 191 Å². The van der Waals surface area contributed by atoms with Crippen LogP contribution in [-0.2, 0) is 16.0 Å². The molecule has 0 bridgehead atoms. The highest BCUT2D eigenvalue weighted by atomic mass is 79.9. The van der Waals surface area contributed by atoms with Crippen LogP contribution in [-0.4, -0.2) is 66.3 Å². The summed E-state index contributed by atoms with van der Waals surface area (Å²) in [5.74, 6) is 0.209. The molecule has 2 fully saturated rings. The Balaban J connectivity index is 1.59. The lowest BCUT2D eigenvalue weighted by Crippen LogP contribution is -2.52. The maximum absolute atomic E-state index is 13.1. The molecule has 0 radical (unpaired) electrons. The second-order valence-electron chi connectivity index (χ2n) is 7.88. The van der Waals surface area contributed by atoms with Crippen molar-refractivity contribution in [2.45, 2.75) is 44.6 Å². The monoisotopic (exact) mass is 488 g/mol. The number of nitriles is 1. The van der Waals surface area contributed by atoms with E-state index in [-0.39, 0.29) is 18.4 Å². The van der Waals surface area contributed by atoms with Gasteiger partial charge in [-0.25, -0.2) is 0 Å². The van der Waals surface area contributed by atoms with Crippen LogP contribution in [0, 0.1) is 11.5 Å². The molecule has 2 N–H and O–H groups in total. The van der Waals surface area contributed by atoms with Crippen molar-refractivity contribution in [3.8, 4) is 6.19 Å². The Hall–Kier alpha value is -2.60. The maximum atomic E-state index is 13.1. The summed E-state index contributed by atoms with van der Waals surface area (Å²) in [6, 6.07) is 7.51. The van der Waals surface area contributed by atoms with E-state index in [0.717, 1.165) is 55.2 Å². The summed E-state index contributed by atoms with van der Waals surface area (Å²) in [5, 5.41) is 14.8. The smallest absolute Gasteiger partial charge is 0.245 e. The molecule has 3 rings (SSSR count). The lowest BCUT2D eigenvalue weighted by molar-refractivity contribution is -0.140. The van der Waals surface area contributed by atoms with Gasteiger partial charge in [0.2, 0.25) is 17.8 Å². The van der Waals surface area contributed by atoms with Gasteiger partial charge in [0.25, 0.3) is 0 Å². The Kier molecular flexibility index (Phi) is 8.71. The fraction of sp³-hybridized carbons (Fsp3) is 0.545. The third-order valence-corrected chi connectivity index (χ3v) is 6.16. The molecule has 0 spiro atoms. The predicted octanol–water partition coefficient (Wildman–Crippen LogP) is 2.01. The highest BCUT2D eigenvalue weighted by Crippen LogP contribution is 2.15. The van der Waals surface area contributed by atoms with Crippen molar-refractivity contribution < 1.29 is 9.59 Å². The minimum atomic E-state index is -0.499. The largest absolute Gasteiger partial charge is 0.344 e. The molecule has 166 valence electrons. The van der Waals surface area contributed by atoms with E-state index >= 15 is 0 Å². The van der Waals surface area contributed by atoms with Crippen molar-refractivity contribution in [1.82, 2.24) is 20.4 Å². The minimum absolute atomic E-state index is 0.0186. The highest BCUT2D eigenvalue weighted by molar-refractivity contribution is 9.10. The highest BCUT2D eigenvalue weighted by Gasteiger charge is 2.30. The number of likely N-dealkylation sites (tertiary alicyclic amines) is 2. The minimum Gasteiger partial charge on any atom is -0.344 e. The van der Waals surface area contributed by atoms with E-state index in [1.165, 1.54) is 0 Å². The van der Waals surface area contributed by atoms with Crippen molar-refractivity contribution in [1.29, 1.82) is 5.26 Å². The summed E-state index contributed by atoms with van der Waals surface area (Å²) in [4.78, 5) is 33.6. The van der Waals surface area contributed by atoms with Crippen LogP contribution in [0.1, 0.15) is 37.7 Å². The fourth-order valence-electron chi connectivity index (χ4n) is 3.91. The number of hydrogen-bond donors (Lipinski definition) is 2. The van der Waals surface area contributed by atoms with E-state index in [1.807, 2.05) is 35.4 Å².